The number of hydrogen-bond acceptors (Lipinski definition) is 6. The second kappa shape index (κ2) is 11.1. The van der Waals surface area contributed by atoms with Crippen LogP contribution in [0.1, 0.15) is 36.7 Å². The Hall–Kier alpha value is -4.15. The van der Waals surface area contributed by atoms with Gasteiger partial charge in [0.15, 0.2) is 5.69 Å². The monoisotopic (exact) mass is 607 g/mol. The SMILES string of the molecule is COC(=O)N(C(=O)[O-])[N+](C(=O)c1c(CBr)c(-c2ccccc2)nc2cccc(F)c12)(c1ccccc1)C(C)(C)C. The first kappa shape index (κ1) is 28.8. The van der Waals surface area contributed by atoms with E-state index in [2.05, 4.69) is 15.9 Å². The summed E-state index contributed by atoms with van der Waals surface area (Å²) in [6, 6.07) is 21.3. The van der Waals surface area contributed by atoms with E-state index in [4.69, 9.17) is 9.72 Å². The molecule has 3 amide bonds. The minimum absolute atomic E-state index is 0.0675. The molecule has 4 aromatic rings. The molecule has 40 heavy (non-hydrogen) atoms. The van der Waals surface area contributed by atoms with Crippen LogP contribution in [0.3, 0.4) is 0 Å². The van der Waals surface area contributed by atoms with E-state index in [9.17, 15) is 14.7 Å². The lowest BCUT2D eigenvalue weighted by Crippen LogP contribution is -2.77. The molecule has 1 aromatic heterocycles. The summed E-state index contributed by atoms with van der Waals surface area (Å²) in [5.74, 6) is -1.62. The number of carbonyl (C=O) groups excluding carboxylic acids is 3. The highest BCUT2D eigenvalue weighted by molar-refractivity contribution is 9.08. The fourth-order valence-electron chi connectivity index (χ4n) is 5.04. The number of alkyl halides is 1. The highest BCUT2D eigenvalue weighted by Gasteiger charge is 2.59. The number of pyridine rings is 1. The van der Waals surface area contributed by atoms with Gasteiger partial charge in [0, 0.05) is 28.6 Å². The largest absolute Gasteiger partial charge is 0.526 e. The van der Waals surface area contributed by atoms with Crippen molar-refractivity contribution in [2.75, 3.05) is 7.11 Å². The van der Waals surface area contributed by atoms with E-state index >= 15 is 9.18 Å². The summed E-state index contributed by atoms with van der Waals surface area (Å²) in [5.41, 5.74) is 0.215. The van der Waals surface area contributed by atoms with Gasteiger partial charge in [-0.05, 0) is 32.9 Å². The van der Waals surface area contributed by atoms with E-state index in [1.54, 1.807) is 69.3 Å². The highest BCUT2D eigenvalue weighted by atomic mass is 79.9. The van der Waals surface area contributed by atoms with Crippen LogP contribution in [0, 0.1) is 5.82 Å². The molecule has 0 saturated carbocycles. The van der Waals surface area contributed by atoms with E-state index in [-0.39, 0.29) is 32.5 Å². The third kappa shape index (κ3) is 4.63. The van der Waals surface area contributed by atoms with Crippen molar-refractivity contribution < 1.29 is 28.6 Å². The van der Waals surface area contributed by atoms with Crippen molar-refractivity contribution in [2.24, 2.45) is 0 Å². The Morgan fingerprint density at radius 2 is 1.57 bits per heavy atom. The van der Waals surface area contributed by atoms with E-state index < -0.39 is 34.0 Å². The predicted molar refractivity (Wildman–Crippen MR) is 152 cm³/mol. The minimum atomic E-state index is -1.97. The average Bonchev–Trinajstić information content (AvgIpc) is 2.94. The normalized spacial score (nSPS) is 12.9. The van der Waals surface area contributed by atoms with Crippen molar-refractivity contribution in [3.8, 4) is 11.3 Å². The van der Waals surface area contributed by atoms with Crippen molar-refractivity contribution in [3.63, 3.8) is 0 Å². The molecule has 0 aliphatic heterocycles. The van der Waals surface area contributed by atoms with Gasteiger partial charge in [-0.1, -0.05) is 75.5 Å². The summed E-state index contributed by atoms with van der Waals surface area (Å²) < 4.78 is 19.3. The van der Waals surface area contributed by atoms with Crippen LogP contribution >= 0.6 is 15.9 Å². The number of quaternary nitrogens is 1. The molecule has 1 atom stereocenters. The standard InChI is InChI=1S/C30H27BrFN3O5/c1-30(2,3)35(20-14-9-6-10-15-20,34(28(37)38)29(39)40-4)27(36)24-21(18-31)26(19-12-7-5-8-13-19)33-23-17-11-16-22(32)25(23)24/h5-17H,18H2,1-4H3. The number of methoxy groups -OCH3 is 1. The van der Waals surface area contributed by atoms with Crippen molar-refractivity contribution in [1.82, 2.24) is 14.6 Å². The van der Waals surface area contributed by atoms with Gasteiger partial charge in [-0.25, -0.2) is 19.0 Å². The number of para-hydroxylation sites is 1. The first-order chi connectivity index (χ1) is 19.0. The van der Waals surface area contributed by atoms with Crippen LogP contribution in [0.5, 0.6) is 0 Å². The van der Waals surface area contributed by atoms with E-state index in [1.807, 2.05) is 6.07 Å². The average molecular weight is 608 g/mol. The Bertz CT molecular complexity index is 1590. The van der Waals surface area contributed by atoms with Crippen LogP contribution in [0.2, 0.25) is 0 Å². The van der Waals surface area contributed by atoms with Crippen LogP contribution in [0.25, 0.3) is 22.2 Å². The number of fused-ring (bicyclic) bond motifs is 1. The lowest BCUT2D eigenvalue weighted by Gasteiger charge is -2.49. The molecule has 0 bridgehead atoms. The number of carboxylic acid groups (broad SMARTS) is 1. The van der Waals surface area contributed by atoms with Gasteiger partial charge in [-0.2, -0.15) is 0 Å². The van der Waals surface area contributed by atoms with Gasteiger partial charge in [0.1, 0.15) is 16.9 Å². The summed E-state index contributed by atoms with van der Waals surface area (Å²) >= 11 is 3.46. The molecule has 206 valence electrons. The third-order valence-corrected chi connectivity index (χ3v) is 7.23. The van der Waals surface area contributed by atoms with Crippen molar-refractivity contribution in [2.45, 2.75) is 31.6 Å². The van der Waals surface area contributed by atoms with Crippen LogP contribution < -0.4 is 9.70 Å². The molecule has 10 heteroatoms. The lowest BCUT2D eigenvalue weighted by atomic mass is 9.93. The molecule has 0 aliphatic carbocycles. The maximum absolute atomic E-state index is 15.7. The maximum atomic E-state index is 15.7. The number of benzene rings is 3. The van der Waals surface area contributed by atoms with E-state index in [0.717, 1.165) is 7.11 Å². The minimum Gasteiger partial charge on any atom is -0.526 e. The van der Waals surface area contributed by atoms with Gasteiger partial charge in [-0.3, -0.25) is 0 Å². The van der Waals surface area contributed by atoms with Crippen molar-refractivity contribution in [1.29, 1.82) is 0 Å². The maximum Gasteiger partial charge on any atom is 0.461 e. The molecule has 1 heterocycles. The van der Waals surface area contributed by atoms with Crippen molar-refractivity contribution in [3.05, 3.63) is 95.8 Å². The fraction of sp³-hybridized carbons (Fsp3) is 0.200. The van der Waals surface area contributed by atoms with Gasteiger partial charge in [0.2, 0.25) is 6.09 Å². The number of rotatable bonds is 4. The third-order valence-electron chi connectivity index (χ3n) is 6.67. The second-order valence-corrected chi connectivity index (χ2v) is 10.5. The Morgan fingerprint density at radius 1 is 0.975 bits per heavy atom. The summed E-state index contributed by atoms with van der Waals surface area (Å²) in [6.45, 7) is 4.80. The van der Waals surface area contributed by atoms with Crippen LogP contribution in [-0.2, 0) is 10.1 Å². The zero-order valence-corrected chi connectivity index (χ0v) is 23.9. The number of nitrogens with zero attached hydrogens (tertiary/aromatic N) is 3. The zero-order chi connectivity index (χ0) is 29.2. The van der Waals surface area contributed by atoms with Crippen LogP contribution in [0.4, 0.5) is 19.7 Å². The Kier molecular flexibility index (Phi) is 8.04. The second-order valence-electron chi connectivity index (χ2n) is 9.94. The summed E-state index contributed by atoms with van der Waals surface area (Å²) in [4.78, 5) is 45.8. The Morgan fingerprint density at radius 3 is 2.10 bits per heavy atom. The first-order valence-corrected chi connectivity index (χ1v) is 13.4. The van der Waals surface area contributed by atoms with Crippen LogP contribution in [0.15, 0.2) is 78.9 Å². The summed E-state index contributed by atoms with van der Waals surface area (Å²) in [7, 11) is 1.00. The quantitative estimate of drug-likeness (QED) is 0.155. The van der Waals surface area contributed by atoms with Crippen LogP contribution in [-0.4, -0.2) is 40.7 Å². The molecule has 4 rings (SSSR count). The number of aromatic nitrogens is 1. The van der Waals surface area contributed by atoms with Gasteiger partial charge in [-0.15, -0.1) is 4.59 Å². The predicted octanol–water partition coefficient (Wildman–Crippen LogP) is 6.21. The molecule has 0 spiro atoms. The number of ether oxygens (including phenoxy) is 1. The highest BCUT2D eigenvalue weighted by Crippen LogP contribution is 2.42. The Balaban J connectivity index is 2.26. The summed E-state index contributed by atoms with van der Waals surface area (Å²) in [6.07, 6.45) is -3.31. The van der Waals surface area contributed by atoms with Gasteiger partial charge in [0.25, 0.3) is 0 Å². The Labute approximate surface area is 239 Å². The van der Waals surface area contributed by atoms with Gasteiger partial charge < -0.3 is 14.6 Å². The molecule has 0 aliphatic rings. The van der Waals surface area contributed by atoms with Crippen molar-refractivity contribution >= 4 is 50.6 Å². The molecular weight excluding hydrogens is 581 g/mol. The molecule has 1 unspecified atom stereocenters. The van der Waals surface area contributed by atoms with E-state index in [0.29, 0.717) is 16.8 Å². The molecule has 0 fully saturated rings. The number of imide groups is 1. The molecule has 0 saturated heterocycles. The molecule has 0 radical (unpaired) electrons. The topological polar surface area (TPSA) is 99.6 Å². The number of halogens is 2. The lowest BCUT2D eigenvalue weighted by molar-refractivity contribution is -0.275. The molecule has 8 nitrogen and oxygen atoms in total. The summed E-state index contributed by atoms with van der Waals surface area (Å²) in [5, 5.41) is 12.9. The fourth-order valence-corrected chi connectivity index (χ4v) is 5.58. The smallest absolute Gasteiger partial charge is 0.461 e. The number of hydrogen-bond donors (Lipinski definition) is 0. The molecule has 0 N–H and O–H groups in total. The zero-order valence-electron chi connectivity index (χ0n) is 22.4. The van der Waals surface area contributed by atoms with Gasteiger partial charge in [0.05, 0.1) is 23.7 Å². The number of amides is 3. The first-order valence-electron chi connectivity index (χ1n) is 12.3. The number of carbonyl (C=O) groups is 3. The van der Waals surface area contributed by atoms with E-state index in [1.165, 1.54) is 24.3 Å². The van der Waals surface area contributed by atoms with Gasteiger partial charge >= 0.3 is 12.0 Å². The molecule has 3 aromatic carbocycles. The molecular formula is C30H27BrFN3O5.